The number of para-hydroxylation sites is 1. The summed E-state index contributed by atoms with van der Waals surface area (Å²) in [7, 11) is 0. The second kappa shape index (κ2) is 8.03. The van der Waals surface area contributed by atoms with Crippen LogP contribution in [0.4, 0.5) is 0 Å². The van der Waals surface area contributed by atoms with E-state index >= 15 is 0 Å². The maximum Gasteiger partial charge on any atom is 0.258 e. The summed E-state index contributed by atoms with van der Waals surface area (Å²) in [5.74, 6) is 0.262. The molecule has 0 radical (unpaired) electrons. The number of aliphatic hydroxyl groups is 1. The number of rotatable bonds is 6. The Hall–Kier alpha value is -1.75. The standard InChI is InChI=1S/C16H15Cl2NO3/c17-12-7-4-8-13(18)16(12)14(20)9-19-15(21)10-22-11-5-2-1-3-6-11/h1-8,14,20H,9-10H2,(H,19,21). The van der Waals surface area contributed by atoms with Gasteiger partial charge in [0.1, 0.15) is 5.75 Å². The number of benzene rings is 2. The molecule has 0 saturated heterocycles. The van der Waals surface area contributed by atoms with Gasteiger partial charge < -0.3 is 15.2 Å². The monoisotopic (exact) mass is 339 g/mol. The summed E-state index contributed by atoms with van der Waals surface area (Å²) in [6.07, 6.45) is -0.984. The third-order valence-corrected chi connectivity index (χ3v) is 3.60. The van der Waals surface area contributed by atoms with E-state index in [1.807, 2.05) is 18.2 Å². The van der Waals surface area contributed by atoms with Crippen molar-refractivity contribution in [3.05, 3.63) is 64.1 Å². The van der Waals surface area contributed by atoms with E-state index in [-0.39, 0.29) is 19.1 Å². The van der Waals surface area contributed by atoms with E-state index in [0.29, 0.717) is 21.4 Å². The first-order valence-corrected chi connectivity index (χ1v) is 7.40. The van der Waals surface area contributed by atoms with Crippen molar-refractivity contribution in [2.24, 2.45) is 0 Å². The minimum absolute atomic E-state index is 0.000433. The molecule has 22 heavy (non-hydrogen) atoms. The second-order valence-corrected chi connectivity index (χ2v) is 5.37. The molecule has 0 bridgehead atoms. The van der Waals surface area contributed by atoms with Gasteiger partial charge in [-0.25, -0.2) is 0 Å². The summed E-state index contributed by atoms with van der Waals surface area (Å²) < 4.78 is 5.31. The molecule has 0 fully saturated rings. The van der Waals surface area contributed by atoms with Crippen LogP contribution < -0.4 is 10.1 Å². The highest BCUT2D eigenvalue weighted by Gasteiger charge is 2.16. The minimum atomic E-state index is -0.984. The number of nitrogens with one attached hydrogen (secondary N) is 1. The van der Waals surface area contributed by atoms with Crippen LogP contribution in [0.1, 0.15) is 11.7 Å². The van der Waals surface area contributed by atoms with Crippen LogP contribution >= 0.6 is 23.2 Å². The molecule has 0 heterocycles. The van der Waals surface area contributed by atoms with Crippen LogP contribution in [0.25, 0.3) is 0 Å². The van der Waals surface area contributed by atoms with Gasteiger partial charge in [0.25, 0.3) is 5.91 Å². The van der Waals surface area contributed by atoms with Crippen molar-refractivity contribution in [3.63, 3.8) is 0 Å². The molecule has 2 aromatic rings. The molecule has 0 aliphatic carbocycles. The smallest absolute Gasteiger partial charge is 0.258 e. The van der Waals surface area contributed by atoms with E-state index in [4.69, 9.17) is 27.9 Å². The summed E-state index contributed by atoms with van der Waals surface area (Å²) in [6.45, 7) is -0.132. The van der Waals surface area contributed by atoms with Gasteiger partial charge in [-0.3, -0.25) is 4.79 Å². The van der Waals surface area contributed by atoms with Crippen molar-refractivity contribution in [3.8, 4) is 5.75 Å². The Kier molecular flexibility index (Phi) is 6.07. The van der Waals surface area contributed by atoms with Gasteiger partial charge in [0, 0.05) is 22.2 Å². The number of halogens is 2. The van der Waals surface area contributed by atoms with Gasteiger partial charge in [-0.2, -0.15) is 0 Å². The Labute approximate surface area is 138 Å². The zero-order valence-corrected chi connectivity index (χ0v) is 13.1. The molecule has 2 N–H and O–H groups in total. The van der Waals surface area contributed by atoms with E-state index < -0.39 is 6.10 Å². The van der Waals surface area contributed by atoms with Crippen molar-refractivity contribution in [2.45, 2.75) is 6.10 Å². The highest BCUT2D eigenvalue weighted by Crippen LogP contribution is 2.29. The minimum Gasteiger partial charge on any atom is -0.484 e. The largest absolute Gasteiger partial charge is 0.484 e. The highest BCUT2D eigenvalue weighted by atomic mass is 35.5. The molecular formula is C16H15Cl2NO3. The molecule has 2 aromatic carbocycles. The van der Waals surface area contributed by atoms with Gasteiger partial charge in [0.05, 0.1) is 6.10 Å². The molecule has 1 atom stereocenters. The first kappa shape index (κ1) is 16.6. The molecule has 0 saturated carbocycles. The van der Waals surface area contributed by atoms with E-state index in [0.717, 1.165) is 0 Å². The van der Waals surface area contributed by atoms with E-state index in [9.17, 15) is 9.90 Å². The van der Waals surface area contributed by atoms with Gasteiger partial charge in [0.15, 0.2) is 6.61 Å². The Morgan fingerprint density at radius 2 is 1.73 bits per heavy atom. The van der Waals surface area contributed by atoms with Gasteiger partial charge in [0.2, 0.25) is 0 Å². The quantitative estimate of drug-likeness (QED) is 0.849. The van der Waals surface area contributed by atoms with Crippen molar-refractivity contribution >= 4 is 29.1 Å². The molecule has 1 unspecified atom stereocenters. The lowest BCUT2D eigenvalue weighted by atomic mass is 10.1. The van der Waals surface area contributed by atoms with E-state index in [2.05, 4.69) is 5.32 Å². The Morgan fingerprint density at radius 1 is 1.09 bits per heavy atom. The fourth-order valence-corrected chi connectivity index (χ4v) is 2.51. The molecule has 0 aliphatic rings. The third-order valence-electron chi connectivity index (χ3n) is 2.94. The van der Waals surface area contributed by atoms with E-state index in [1.54, 1.807) is 30.3 Å². The molecule has 0 aliphatic heterocycles. The highest BCUT2D eigenvalue weighted by molar-refractivity contribution is 6.36. The number of carbonyl (C=O) groups excluding carboxylic acids is 1. The lowest BCUT2D eigenvalue weighted by Crippen LogP contribution is -2.32. The van der Waals surface area contributed by atoms with Gasteiger partial charge in [-0.15, -0.1) is 0 Å². The van der Waals surface area contributed by atoms with Crippen LogP contribution in [0.15, 0.2) is 48.5 Å². The fraction of sp³-hybridized carbons (Fsp3) is 0.188. The number of aliphatic hydroxyl groups excluding tert-OH is 1. The first-order valence-electron chi connectivity index (χ1n) is 6.64. The number of hydrogen-bond donors (Lipinski definition) is 2. The molecule has 4 nitrogen and oxygen atoms in total. The summed E-state index contributed by atoms with van der Waals surface area (Å²) in [4.78, 5) is 11.7. The Morgan fingerprint density at radius 3 is 2.36 bits per heavy atom. The Balaban J connectivity index is 1.83. The van der Waals surface area contributed by atoms with Crippen LogP contribution in [0.5, 0.6) is 5.75 Å². The lowest BCUT2D eigenvalue weighted by molar-refractivity contribution is -0.123. The second-order valence-electron chi connectivity index (χ2n) is 4.56. The molecule has 6 heteroatoms. The van der Waals surface area contributed by atoms with Crippen LogP contribution in [0, 0.1) is 0 Å². The summed E-state index contributed by atoms with van der Waals surface area (Å²) >= 11 is 12.0. The number of hydrogen-bond acceptors (Lipinski definition) is 3. The zero-order chi connectivity index (χ0) is 15.9. The van der Waals surface area contributed by atoms with Crippen molar-refractivity contribution in [1.82, 2.24) is 5.32 Å². The summed E-state index contributed by atoms with van der Waals surface area (Å²) in [5.41, 5.74) is 0.398. The van der Waals surface area contributed by atoms with Crippen LogP contribution in [0.3, 0.4) is 0 Å². The summed E-state index contributed by atoms with van der Waals surface area (Å²) in [5, 5.41) is 13.4. The average Bonchev–Trinajstić information content (AvgIpc) is 2.52. The average molecular weight is 340 g/mol. The molecule has 1 amide bonds. The van der Waals surface area contributed by atoms with Crippen molar-refractivity contribution in [2.75, 3.05) is 13.2 Å². The lowest BCUT2D eigenvalue weighted by Gasteiger charge is -2.15. The topological polar surface area (TPSA) is 58.6 Å². The van der Waals surface area contributed by atoms with Gasteiger partial charge in [-0.05, 0) is 24.3 Å². The fourth-order valence-electron chi connectivity index (χ4n) is 1.86. The molecular weight excluding hydrogens is 325 g/mol. The van der Waals surface area contributed by atoms with E-state index in [1.165, 1.54) is 0 Å². The van der Waals surface area contributed by atoms with Crippen LogP contribution in [0.2, 0.25) is 10.0 Å². The summed E-state index contributed by atoms with van der Waals surface area (Å²) in [6, 6.07) is 14.0. The van der Waals surface area contributed by atoms with Crippen molar-refractivity contribution in [1.29, 1.82) is 0 Å². The zero-order valence-electron chi connectivity index (χ0n) is 11.6. The number of ether oxygens (including phenoxy) is 1. The molecule has 0 aromatic heterocycles. The Bertz CT molecular complexity index is 614. The van der Waals surface area contributed by atoms with Crippen LogP contribution in [-0.4, -0.2) is 24.2 Å². The maximum absolute atomic E-state index is 11.7. The van der Waals surface area contributed by atoms with Gasteiger partial charge >= 0.3 is 0 Å². The number of carbonyl (C=O) groups is 1. The van der Waals surface area contributed by atoms with Crippen molar-refractivity contribution < 1.29 is 14.6 Å². The predicted octanol–water partition coefficient (Wildman–Crippen LogP) is 3.22. The van der Waals surface area contributed by atoms with Gasteiger partial charge in [-0.1, -0.05) is 47.5 Å². The SMILES string of the molecule is O=C(COc1ccccc1)NCC(O)c1c(Cl)cccc1Cl. The normalized spacial score (nSPS) is 11.8. The maximum atomic E-state index is 11.7. The number of amides is 1. The molecule has 116 valence electrons. The molecule has 2 rings (SSSR count). The first-order chi connectivity index (χ1) is 10.6. The molecule has 0 spiro atoms. The van der Waals surface area contributed by atoms with Crippen LogP contribution in [-0.2, 0) is 4.79 Å². The third kappa shape index (κ3) is 4.63. The predicted molar refractivity (Wildman–Crippen MR) is 86.4 cm³/mol.